The fourth-order valence-electron chi connectivity index (χ4n) is 2.16. The Labute approximate surface area is 110 Å². The molecular weight excluding hydrogens is 248 g/mol. The van der Waals surface area contributed by atoms with Gasteiger partial charge in [0, 0.05) is 30.8 Å². The first-order chi connectivity index (χ1) is 9.06. The molecule has 0 radical (unpaired) electrons. The number of carbonyl (C=O) groups excluding carboxylic acids is 1. The Morgan fingerprint density at radius 2 is 2.11 bits per heavy atom. The molecule has 0 spiro atoms. The molecule has 1 aromatic rings. The van der Waals surface area contributed by atoms with Crippen LogP contribution < -0.4 is 0 Å². The van der Waals surface area contributed by atoms with Crippen LogP contribution in [0.5, 0.6) is 0 Å². The molecule has 0 amide bonds. The van der Waals surface area contributed by atoms with Crippen LogP contribution in [0.25, 0.3) is 0 Å². The number of rotatable bonds is 4. The van der Waals surface area contributed by atoms with Crippen LogP contribution in [0, 0.1) is 10.1 Å². The molecule has 1 aliphatic rings. The largest absolute Gasteiger partial charge is 0.393 e. The van der Waals surface area contributed by atoms with E-state index in [1.807, 2.05) is 4.90 Å². The van der Waals surface area contributed by atoms with Crippen molar-refractivity contribution in [3.05, 3.63) is 39.9 Å². The summed E-state index contributed by atoms with van der Waals surface area (Å²) in [4.78, 5) is 24.2. The number of nitrogens with zero attached hydrogens (tertiary/aromatic N) is 2. The standard InChI is InChI=1S/C13H16N2O4/c16-12-4-6-14(7-5-12)9-13(17)10-2-1-3-11(8-10)15(18)19/h1-3,8,12,16H,4-7,9H2. The summed E-state index contributed by atoms with van der Waals surface area (Å²) < 4.78 is 0. The number of carbonyl (C=O) groups is 1. The van der Waals surface area contributed by atoms with E-state index in [1.165, 1.54) is 18.2 Å². The minimum Gasteiger partial charge on any atom is -0.393 e. The Morgan fingerprint density at radius 3 is 2.74 bits per heavy atom. The van der Waals surface area contributed by atoms with Gasteiger partial charge in [-0.3, -0.25) is 19.8 Å². The summed E-state index contributed by atoms with van der Waals surface area (Å²) >= 11 is 0. The van der Waals surface area contributed by atoms with E-state index in [4.69, 9.17) is 0 Å². The van der Waals surface area contributed by atoms with Crippen LogP contribution in [0.15, 0.2) is 24.3 Å². The molecule has 1 fully saturated rings. The monoisotopic (exact) mass is 264 g/mol. The van der Waals surface area contributed by atoms with Gasteiger partial charge in [-0.1, -0.05) is 12.1 Å². The van der Waals surface area contributed by atoms with Crippen molar-refractivity contribution in [1.82, 2.24) is 4.90 Å². The Morgan fingerprint density at radius 1 is 1.42 bits per heavy atom. The molecule has 0 aliphatic carbocycles. The summed E-state index contributed by atoms with van der Waals surface area (Å²) in [7, 11) is 0. The van der Waals surface area contributed by atoms with Gasteiger partial charge in [0.25, 0.3) is 5.69 Å². The average Bonchev–Trinajstić information content (AvgIpc) is 2.41. The van der Waals surface area contributed by atoms with Crippen LogP contribution in [0.1, 0.15) is 23.2 Å². The van der Waals surface area contributed by atoms with Gasteiger partial charge in [0.2, 0.25) is 0 Å². The zero-order valence-electron chi connectivity index (χ0n) is 10.5. The van der Waals surface area contributed by atoms with E-state index >= 15 is 0 Å². The number of hydrogen-bond acceptors (Lipinski definition) is 5. The fraction of sp³-hybridized carbons (Fsp3) is 0.462. The lowest BCUT2D eigenvalue weighted by Gasteiger charge is -2.28. The van der Waals surface area contributed by atoms with Gasteiger partial charge in [-0.2, -0.15) is 0 Å². The van der Waals surface area contributed by atoms with Crippen molar-refractivity contribution in [2.45, 2.75) is 18.9 Å². The van der Waals surface area contributed by atoms with Gasteiger partial charge in [0.05, 0.1) is 17.6 Å². The highest BCUT2D eigenvalue weighted by molar-refractivity contribution is 5.98. The predicted molar refractivity (Wildman–Crippen MR) is 69.1 cm³/mol. The van der Waals surface area contributed by atoms with Crippen molar-refractivity contribution in [2.75, 3.05) is 19.6 Å². The molecule has 1 heterocycles. The van der Waals surface area contributed by atoms with E-state index in [2.05, 4.69) is 0 Å². The summed E-state index contributed by atoms with van der Waals surface area (Å²) in [5, 5.41) is 20.0. The topological polar surface area (TPSA) is 83.7 Å². The van der Waals surface area contributed by atoms with Crippen LogP contribution in [-0.2, 0) is 0 Å². The molecule has 0 aromatic heterocycles. The van der Waals surface area contributed by atoms with Crippen molar-refractivity contribution >= 4 is 11.5 Å². The molecule has 1 aliphatic heterocycles. The highest BCUT2D eigenvalue weighted by Crippen LogP contribution is 2.15. The number of non-ortho nitro benzene ring substituents is 1. The van der Waals surface area contributed by atoms with E-state index in [9.17, 15) is 20.0 Å². The third-order valence-corrected chi connectivity index (χ3v) is 3.30. The number of aliphatic hydroxyl groups is 1. The zero-order valence-corrected chi connectivity index (χ0v) is 10.5. The van der Waals surface area contributed by atoms with Gasteiger partial charge < -0.3 is 5.11 Å². The lowest BCUT2D eigenvalue weighted by atomic mass is 10.1. The smallest absolute Gasteiger partial charge is 0.270 e. The lowest BCUT2D eigenvalue weighted by Crippen LogP contribution is -2.39. The Kier molecular flexibility index (Phi) is 4.24. The summed E-state index contributed by atoms with van der Waals surface area (Å²) in [5.41, 5.74) is 0.292. The molecular formula is C13H16N2O4. The van der Waals surface area contributed by atoms with E-state index in [0.29, 0.717) is 31.5 Å². The van der Waals surface area contributed by atoms with Crippen LogP contribution in [0.4, 0.5) is 5.69 Å². The molecule has 102 valence electrons. The highest BCUT2D eigenvalue weighted by Gasteiger charge is 2.20. The van der Waals surface area contributed by atoms with Crippen molar-refractivity contribution in [2.24, 2.45) is 0 Å². The molecule has 0 saturated carbocycles. The SMILES string of the molecule is O=C(CN1CCC(O)CC1)c1cccc([N+](=O)[O-])c1. The molecule has 0 atom stereocenters. The summed E-state index contributed by atoms with van der Waals surface area (Å²) in [6.45, 7) is 1.61. The predicted octanol–water partition coefficient (Wildman–Crippen LogP) is 1.23. The van der Waals surface area contributed by atoms with Crippen molar-refractivity contribution in [3.63, 3.8) is 0 Å². The van der Waals surface area contributed by atoms with Crippen molar-refractivity contribution in [3.8, 4) is 0 Å². The highest BCUT2D eigenvalue weighted by atomic mass is 16.6. The first kappa shape index (κ1) is 13.6. The zero-order chi connectivity index (χ0) is 13.8. The summed E-state index contributed by atoms with van der Waals surface area (Å²) in [6.07, 6.45) is 1.06. The van der Waals surface area contributed by atoms with Crippen LogP contribution in [-0.4, -0.2) is 46.5 Å². The maximum absolute atomic E-state index is 12.0. The number of nitro benzene ring substituents is 1. The number of benzene rings is 1. The third-order valence-electron chi connectivity index (χ3n) is 3.30. The summed E-state index contributed by atoms with van der Waals surface area (Å²) in [6, 6.07) is 5.79. The molecule has 1 aromatic carbocycles. The van der Waals surface area contributed by atoms with Gasteiger partial charge in [0.1, 0.15) is 0 Å². The molecule has 6 heteroatoms. The average molecular weight is 264 g/mol. The normalized spacial score (nSPS) is 17.3. The number of nitro groups is 1. The maximum Gasteiger partial charge on any atom is 0.270 e. The van der Waals surface area contributed by atoms with E-state index in [-0.39, 0.29) is 24.1 Å². The van der Waals surface area contributed by atoms with Gasteiger partial charge in [0.15, 0.2) is 5.78 Å². The number of likely N-dealkylation sites (tertiary alicyclic amines) is 1. The van der Waals surface area contributed by atoms with Gasteiger partial charge in [-0.25, -0.2) is 0 Å². The van der Waals surface area contributed by atoms with E-state index < -0.39 is 4.92 Å². The minimum absolute atomic E-state index is 0.0695. The number of piperidine rings is 1. The van der Waals surface area contributed by atoms with Crippen LogP contribution in [0.2, 0.25) is 0 Å². The number of ketones is 1. The first-order valence-corrected chi connectivity index (χ1v) is 6.24. The first-order valence-electron chi connectivity index (χ1n) is 6.24. The van der Waals surface area contributed by atoms with Crippen LogP contribution >= 0.6 is 0 Å². The van der Waals surface area contributed by atoms with Crippen molar-refractivity contribution in [1.29, 1.82) is 0 Å². The lowest BCUT2D eigenvalue weighted by molar-refractivity contribution is -0.384. The Balaban J connectivity index is 2.00. The number of aliphatic hydroxyl groups excluding tert-OH is 1. The molecule has 1 N–H and O–H groups in total. The number of Topliss-reactive ketones (excluding diaryl/α,β-unsaturated/α-hetero) is 1. The molecule has 0 unspecified atom stereocenters. The molecule has 19 heavy (non-hydrogen) atoms. The van der Waals surface area contributed by atoms with Crippen molar-refractivity contribution < 1.29 is 14.8 Å². The quantitative estimate of drug-likeness (QED) is 0.502. The summed E-state index contributed by atoms with van der Waals surface area (Å²) in [5.74, 6) is -0.125. The van der Waals surface area contributed by atoms with Gasteiger partial charge in [-0.15, -0.1) is 0 Å². The third kappa shape index (κ3) is 3.59. The van der Waals surface area contributed by atoms with E-state index in [1.54, 1.807) is 6.07 Å². The second-order valence-electron chi connectivity index (χ2n) is 4.74. The molecule has 6 nitrogen and oxygen atoms in total. The second kappa shape index (κ2) is 5.90. The van der Waals surface area contributed by atoms with E-state index in [0.717, 1.165) is 0 Å². The number of hydrogen-bond donors (Lipinski definition) is 1. The van der Waals surface area contributed by atoms with Gasteiger partial charge >= 0.3 is 0 Å². The molecule has 0 bridgehead atoms. The Hall–Kier alpha value is -1.79. The molecule has 1 saturated heterocycles. The maximum atomic E-state index is 12.0. The fourth-order valence-corrected chi connectivity index (χ4v) is 2.16. The Bertz CT molecular complexity index is 481. The van der Waals surface area contributed by atoms with Gasteiger partial charge in [-0.05, 0) is 12.8 Å². The van der Waals surface area contributed by atoms with Crippen LogP contribution in [0.3, 0.4) is 0 Å². The second-order valence-corrected chi connectivity index (χ2v) is 4.74. The molecule has 2 rings (SSSR count). The minimum atomic E-state index is -0.506.